The number of primary amides is 1. The molecule has 1 aliphatic rings. The second-order valence-corrected chi connectivity index (χ2v) is 5.71. The van der Waals surface area contributed by atoms with Gasteiger partial charge in [0.1, 0.15) is 11.3 Å². The molecule has 1 fully saturated rings. The lowest BCUT2D eigenvalue weighted by atomic mass is 9.89. The normalized spacial score (nSPS) is 21.0. The van der Waals surface area contributed by atoms with Crippen molar-refractivity contribution in [1.29, 1.82) is 0 Å². The smallest absolute Gasteiger partial charge is 0.242 e. The minimum Gasteiger partial charge on any atom is -0.496 e. The molecule has 0 aromatic heterocycles. The van der Waals surface area contributed by atoms with Gasteiger partial charge in [0.05, 0.1) is 13.2 Å². The molecule has 0 bridgehead atoms. The summed E-state index contributed by atoms with van der Waals surface area (Å²) in [6, 6.07) is 5.75. The zero-order chi connectivity index (χ0) is 15.5. The van der Waals surface area contributed by atoms with Crippen molar-refractivity contribution < 1.29 is 14.3 Å². The summed E-state index contributed by atoms with van der Waals surface area (Å²) in [5.41, 5.74) is 6.49. The Hall–Kier alpha value is -1.59. The number of hydrogen-bond donors (Lipinski definition) is 2. The van der Waals surface area contributed by atoms with Crippen LogP contribution in [0.5, 0.6) is 5.75 Å². The average Bonchev–Trinajstić information content (AvgIpc) is 2.97. The van der Waals surface area contributed by atoms with Crippen LogP contribution in [0.3, 0.4) is 0 Å². The Morgan fingerprint density at radius 3 is 2.90 bits per heavy atom. The van der Waals surface area contributed by atoms with Crippen molar-refractivity contribution in [2.24, 2.45) is 5.73 Å². The van der Waals surface area contributed by atoms with E-state index in [2.05, 4.69) is 5.32 Å². The van der Waals surface area contributed by atoms with E-state index in [1.807, 2.05) is 25.1 Å². The maximum Gasteiger partial charge on any atom is 0.242 e. The molecule has 2 rings (SSSR count). The van der Waals surface area contributed by atoms with E-state index in [1.54, 1.807) is 14.0 Å². The van der Waals surface area contributed by atoms with E-state index >= 15 is 0 Å². The number of carbonyl (C=O) groups excluding carboxylic acids is 1. The van der Waals surface area contributed by atoms with Gasteiger partial charge in [-0.25, -0.2) is 0 Å². The number of methoxy groups -OCH3 is 1. The lowest BCUT2D eigenvalue weighted by Gasteiger charge is -2.31. The van der Waals surface area contributed by atoms with E-state index in [-0.39, 0.29) is 6.10 Å². The van der Waals surface area contributed by atoms with E-state index in [9.17, 15) is 4.79 Å². The molecule has 1 aromatic rings. The fraction of sp³-hybridized carbons (Fsp3) is 0.562. The average molecular weight is 292 g/mol. The SMILES string of the molecule is COc1ccc(C)cc1C(C)(NCC1CCCO1)C(N)=O. The van der Waals surface area contributed by atoms with Crippen LogP contribution in [-0.2, 0) is 15.1 Å². The lowest BCUT2D eigenvalue weighted by Crippen LogP contribution is -2.52. The summed E-state index contributed by atoms with van der Waals surface area (Å²) in [7, 11) is 1.59. The van der Waals surface area contributed by atoms with Crippen LogP contribution in [0.2, 0.25) is 0 Å². The van der Waals surface area contributed by atoms with Crippen LogP contribution < -0.4 is 15.8 Å². The first-order valence-electron chi connectivity index (χ1n) is 7.29. The Balaban J connectivity index is 2.27. The van der Waals surface area contributed by atoms with Crippen LogP contribution >= 0.6 is 0 Å². The molecule has 1 heterocycles. The van der Waals surface area contributed by atoms with Gasteiger partial charge in [-0.1, -0.05) is 11.6 Å². The van der Waals surface area contributed by atoms with Crippen molar-refractivity contribution in [3.8, 4) is 5.75 Å². The summed E-state index contributed by atoms with van der Waals surface area (Å²) >= 11 is 0. The summed E-state index contributed by atoms with van der Waals surface area (Å²) < 4.78 is 11.0. The molecule has 1 aromatic carbocycles. The molecule has 1 saturated heterocycles. The maximum absolute atomic E-state index is 12.1. The first-order valence-corrected chi connectivity index (χ1v) is 7.29. The molecule has 5 nitrogen and oxygen atoms in total. The molecule has 116 valence electrons. The largest absolute Gasteiger partial charge is 0.496 e. The van der Waals surface area contributed by atoms with Gasteiger partial charge < -0.3 is 15.2 Å². The Labute approximate surface area is 125 Å². The molecule has 5 heteroatoms. The number of amides is 1. The minimum atomic E-state index is -0.983. The number of ether oxygens (including phenoxy) is 2. The second-order valence-electron chi connectivity index (χ2n) is 5.71. The highest BCUT2D eigenvalue weighted by Crippen LogP contribution is 2.31. The van der Waals surface area contributed by atoms with Crippen molar-refractivity contribution in [3.05, 3.63) is 29.3 Å². The van der Waals surface area contributed by atoms with Gasteiger partial charge in [0.25, 0.3) is 0 Å². The van der Waals surface area contributed by atoms with Gasteiger partial charge >= 0.3 is 0 Å². The Morgan fingerprint density at radius 2 is 2.33 bits per heavy atom. The Kier molecular flexibility index (Phi) is 4.85. The van der Waals surface area contributed by atoms with Crippen molar-refractivity contribution in [2.45, 2.75) is 38.3 Å². The van der Waals surface area contributed by atoms with Gasteiger partial charge in [-0.05, 0) is 38.8 Å². The third-order valence-corrected chi connectivity index (χ3v) is 4.09. The van der Waals surface area contributed by atoms with Crippen molar-refractivity contribution in [3.63, 3.8) is 0 Å². The molecular weight excluding hydrogens is 268 g/mol. The molecule has 0 radical (unpaired) electrons. The summed E-state index contributed by atoms with van der Waals surface area (Å²) in [5.74, 6) is 0.228. The van der Waals surface area contributed by atoms with Gasteiger partial charge in [-0.15, -0.1) is 0 Å². The molecule has 21 heavy (non-hydrogen) atoms. The predicted octanol–water partition coefficient (Wildman–Crippen LogP) is 1.47. The highest BCUT2D eigenvalue weighted by Gasteiger charge is 2.36. The van der Waals surface area contributed by atoms with Gasteiger partial charge in [-0.2, -0.15) is 0 Å². The van der Waals surface area contributed by atoms with E-state index in [4.69, 9.17) is 15.2 Å². The number of nitrogens with two attached hydrogens (primary N) is 1. The molecule has 2 atom stereocenters. The number of carbonyl (C=O) groups is 1. The summed E-state index contributed by atoms with van der Waals surface area (Å²) in [5, 5.41) is 3.28. The lowest BCUT2D eigenvalue weighted by molar-refractivity contribution is -0.124. The predicted molar refractivity (Wildman–Crippen MR) is 81.3 cm³/mol. The highest BCUT2D eigenvalue weighted by molar-refractivity contribution is 5.86. The highest BCUT2D eigenvalue weighted by atomic mass is 16.5. The van der Waals surface area contributed by atoms with E-state index < -0.39 is 11.4 Å². The fourth-order valence-corrected chi connectivity index (χ4v) is 2.65. The molecule has 3 N–H and O–H groups in total. The van der Waals surface area contributed by atoms with Crippen LogP contribution in [0.15, 0.2) is 18.2 Å². The quantitative estimate of drug-likeness (QED) is 0.833. The number of rotatable bonds is 6. The number of benzene rings is 1. The van der Waals surface area contributed by atoms with E-state index in [1.165, 1.54) is 0 Å². The van der Waals surface area contributed by atoms with Gasteiger partial charge in [0, 0.05) is 18.7 Å². The molecule has 0 spiro atoms. The topological polar surface area (TPSA) is 73.6 Å². The van der Waals surface area contributed by atoms with Crippen LogP contribution in [0, 0.1) is 6.92 Å². The zero-order valence-electron chi connectivity index (χ0n) is 12.9. The van der Waals surface area contributed by atoms with Crippen molar-refractivity contribution in [2.75, 3.05) is 20.3 Å². The second kappa shape index (κ2) is 6.45. The third-order valence-electron chi connectivity index (χ3n) is 4.09. The number of nitrogens with one attached hydrogen (secondary N) is 1. The standard InChI is InChI=1S/C16H24N2O3/c1-11-6-7-14(20-3)13(9-11)16(2,15(17)19)18-10-12-5-4-8-21-12/h6-7,9,12,18H,4-5,8,10H2,1-3H3,(H2,17,19). The third kappa shape index (κ3) is 3.36. The summed E-state index contributed by atoms with van der Waals surface area (Å²) in [6.07, 6.45) is 2.21. The molecule has 0 aliphatic carbocycles. The molecule has 1 aliphatic heterocycles. The first-order chi connectivity index (χ1) is 9.97. The fourth-order valence-electron chi connectivity index (χ4n) is 2.65. The Morgan fingerprint density at radius 1 is 1.57 bits per heavy atom. The van der Waals surface area contributed by atoms with Crippen LogP contribution in [0.4, 0.5) is 0 Å². The number of aryl methyl sites for hydroxylation is 1. The van der Waals surface area contributed by atoms with Gasteiger partial charge in [0.15, 0.2) is 0 Å². The van der Waals surface area contributed by atoms with Gasteiger partial charge in [0.2, 0.25) is 5.91 Å². The summed E-state index contributed by atoms with van der Waals surface area (Å²) in [6.45, 7) is 5.15. The molecule has 1 amide bonds. The maximum atomic E-state index is 12.1. The van der Waals surface area contributed by atoms with Crippen molar-refractivity contribution in [1.82, 2.24) is 5.32 Å². The van der Waals surface area contributed by atoms with Gasteiger partial charge in [-0.3, -0.25) is 10.1 Å². The van der Waals surface area contributed by atoms with Crippen LogP contribution in [0.1, 0.15) is 30.9 Å². The van der Waals surface area contributed by atoms with Crippen molar-refractivity contribution >= 4 is 5.91 Å². The van der Waals surface area contributed by atoms with E-state index in [0.29, 0.717) is 12.3 Å². The molecular formula is C16H24N2O3. The number of hydrogen-bond acceptors (Lipinski definition) is 4. The van der Waals surface area contributed by atoms with Crippen LogP contribution in [0.25, 0.3) is 0 Å². The first kappa shape index (κ1) is 15.8. The molecule has 2 unspecified atom stereocenters. The summed E-state index contributed by atoms with van der Waals surface area (Å²) in [4.78, 5) is 12.1. The van der Waals surface area contributed by atoms with E-state index in [0.717, 1.165) is 30.6 Å². The zero-order valence-corrected chi connectivity index (χ0v) is 12.9. The Bertz CT molecular complexity index is 512. The van der Waals surface area contributed by atoms with Crippen LogP contribution in [-0.4, -0.2) is 32.3 Å². The monoisotopic (exact) mass is 292 g/mol. The molecule has 0 saturated carbocycles. The minimum absolute atomic E-state index is 0.138.